The maximum atomic E-state index is 5.49. The van der Waals surface area contributed by atoms with Crippen molar-refractivity contribution in [3.63, 3.8) is 0 Å². The van der Waals surface area contributed by atoms with Crippen molar-refractivity contribution in [3.05, 3.63) is 0 Å². The minimum absolute atomic E-state index is 0.147. The van der Waals surface area contributed by atoms with E-state index in [-0.39, 0.29) is 17.4 Å². The smallest absolute Gasteiger partial charge is 0.322 e. The number of anilines is 2. The molecular weight excluding hydrogens is 194 g/mol. The number of ether oxygens (including phenoxy) is 1. The van der Waals surface area contributed by atoms with Crippen LogP contribution in [0.1, 0.15) is 20.8 Å². The fourth-order valence-electron chi connectivity index (χ4n) is 0.887. The molecule has 0 aliphatic rings. The van der Waals surface area contributed by atoms with Gasteiger partial charge in [-0.05, 0) is 5.41 Å². The SMILES string of the molecule is COc1nc(N)nc(NCC(C)(C)C)n1. The molecule has 0 unspecified atom stereocenters. The van der Waals surface area contributed by atoms with Gasteiger partial charge in [0.1, 0.15) is 0 Å². The molecule has 15 heavy (non-hydrogen) atoms. The van der Waals surface area contributed by atoms with Crippen molar-refractivity contribution < 1.29 is 4.74 Å². The summed E-state index contributed by atoms with van der Waals surface area (Å²) in [6.45, 7) is 7.09. The molecule has 3 N–H and O–H groups in total. The highest BCUT2D eigenvalue weighted by atomic mass is 16.5. The van der Waals surface area contributed by atoms with Gasteiger partial charge in [0.05, 0.1) is 7.11 Å². The molecule has 1 aromatic heterocycles. The number of rotatable bonds is 3. The standard InChI is InChI=1S/C9H17N5O/c1-9(2,3)5-11-7-12-6(10)13-8(14-7)15-4/h5H2,1-4H3,(H3,10,11,12,13,14). The van der Waals surface area contributed by atoms with Crippen molar-refractivity contribution in [3.8, 4) is 6.01 Å². The Hall–Kier alpha value is -1.59. The fourth-order valence-corrected chi connectivity index (χ4v) is 0.887. The van der Waals surface area contributed by atoms with Gasteiger partial charge in [-0.25, -0.2) is 0 Å². The molecule has 0 bridgehead atoms. The van der Waals surface area contributed by atoms with Gasteiger partial charge in [-0.3, -0.25) is 0 Å². The summed E-state index contributed by atoms with van der Waals surface area (Å²) < 4.78 is 4.89. The molecule has 1 rings (SSSR count). The lowest BCUT2D eigenvalue weighted by molar-refractivity contribution is 0.379. The molecule has 0 saturated carbocycles. The summed E-state index contributed by atoms with van der Waals surface area (Å²) >= 11 is 0. The van der Waals surface area contributed by atoms with Crippen molar-refractivity contribution in [2.45, 2.75) is 20.8 Å². The Labute approximate surface area is 89.3 Å². The Balaban J connectivity index is 2.73. The van der Waals surface area contributed by atoms with Crippen molar-refractivity contribution >= 4 is 11.9 Å². The molecule has 0 atom stereocenters. The molecule has 84 valence electrons. The minimum Gasteiger partial charge on any atom is -0.467 e. The first-order valence-corrected chi connectivity index (χ1v) is 4.70. The molecule has 0 aromatic carbocycles. The summed E-state index contributed by atoms with van der Waals surface area (Å²) in [7, 11) is 1.49. The molecule has 0 aliphatic heterocycles. The monoisotopic (exact) mass is 211 g/mol. The maximum Gasteiger partial charge on any atom is 0.322 e. The van der Waals surface area contributed by atoms with E-state index in [0.717, 1.165) is 6.54 Å². The molecule has 1 aromatic rings. The highest BCUT2D eigenvalue weighted by Crippen LogP contribution is 2.14. The van der Waals surface area contributed by atoms with Gasteiger partial charge in [-0.15, -0.1) is 0 Å². The number of nitrogens with one attached hydrogen (secondary N) is 1. The maximum absolute atomic E-state index is 5.49. The van der Waals surface area contributed by atoms with Crippen molar-refractivity contribution in [1.82, 2.24) is 15.0 Å². The molecule has 1 heterocycles. The summed E-state index contributed by atoms with van der Waals surface area (Å²) in [5, 5.41) is 3.08. The topological polar surface area (TPSA) is 86.0 Å². The van der Waals surface area contributed by atoms with Crippen LogP contribution in [0.15, 0.2) is 0 Å². The fraction of sp³-hybridized carbons (Fsp3) is 0.667. The predicted octanol–water partition coefficient (Wildman–Crippen LogP) is 0.920. The second kappa shape index (κ2) is 4.29. The van der Waals surface area contributed by atoms with E-state index in [4.69, 9.17) is 10.5 Å². The Kier molecular flexibility index (Phi) is 3.28. The highest BCUT2D eigenvalue weighted by Gasteiger charge is 2.11. The second-order valence-electron chi connectivity index (χ2n) is 4.42. The third kappa shape index (κ3) is 3.97. The lowest BCUT2D eigenvalue weighted by atomic mass is 9.97. The zero-order valence-electron chi connectivity index (χ0n) is 9.53. The van der Waals surface area contributed by atoms with E-state index in [9.17, 15) is 0 Å². The van der Waals surface area contributed by atoms with Crippen LogP contribution in [0.25, 0.3) is 0 Å². The van der Waals surface area contributed by atoms with Gasteiger partial charge in [0.25, 0.3) is 0 Å². The highest BCUT2D eigenvalue weighted by molar-refractivity contribution is 5.32. The molecule has 0 spiro atoms. The van der Waals surface area contributed by atoms with Crippen molar-refractivity contribution in [1.29, 1.82) is 0 Å². The van der Waals surface area contributed by atoms with Crippen LogP contribution in [0.3, 0.4) is 0 Å². The zero-order valence-corrected chi connectivity index (χ0v) is 9.53. The van der Waals surface area contributed by atoms with Crippen LogP contribution >= 0.6 is 0 Å². The summed E-state index contributed by atoms with van der Waals surface area (Å²) in [5.41, 5.74) is 5.64. The van der Waals surface area contributed by atoms with E-state index in [2.05, 4.69) is 41.0 Å². The van der Waals surface area contributed by atoms with Gasteiger partial charge in [0.15, 0.2) is 0 Å². The Morgan fingerprint density at radius 3 is 2.47 bits per heavy atom. The van der Waals surface area contributed by atoms with E-state index in [1.54, 1.807) is 0 Å². The van der Waals surface area contributed by atoms with Crippen molar-refractivity contribution in [2.24, 2.45) is 5.41 Å². The normalized spacial score (nSPS) is 11.2. The molecule has 0 saturated heterocycles. The number of hydrogen-bond donors (Lipinski definition) is 2. The molecule has 0 aliphatic carbocycles. The van der Waals surface area contributed by atoms with Crippen molar-refractivity contribution in [2.75, 3.05) is 24.7 Å². The number of nitrogens with two attached hydrogens (primary N) is 1. The van der Waals surface area contributed by atoms with Gasteiger partial charge in [-0.1, -0.05) is 20.8 Å². The first-order valence-electron chi connectivity index (χ1n) is 4.70. The molecular formula is C9H17N5O. The van der Waals surface area contributed by atoms with Crippen LogP contribution in [-0.4, -0.2) is 28.6 Å². The Morgan fingerprint density at radius 1 is 1.27 bits per heavy atom. The van der Waals surface area contributed by atoms with E-state index < -0.39 is 0 Å². The largest absolute Gasteiger partial charge is 0.467 e. The Morgan fingerprint density at radius 2 is 1.93 bits per heavy atom. The summed E-state index contributed by atoms with van der Waals surface area (Å²) in [5.74, 6) is 0.590. The molecule has 0 radical (unpaired) electrons. The van der Waals surface area contributed by atoms with Gasteiger partial charge in [0, 0.05) is 6.54 Å². The summed E-state index contributed by atoms with van der Waals surface area (Å²) in [4.78, 5) is 11.8. The molecule has 0 amide bonds. The number of aromatic nitrogens is 3. The van der Waals surface area contributed by atoms with Crippen LogP contribution in [-0.2, 0) is 0 Å². The van der Waals surface area contributed by atoms with E-state index in [1.165, 1.54) is 7.11 Å². The third-order valence-electron chi connectivity index (χ3n) is 1.59. The van der Waals surface area contributed by atoms with Gasteiger partial charge in [-0.2, -0.15) is 15.0 Å². The van der Waals surface area contributed by atoms with E-state index in [1.807, 2.05) is 0 Å². The van der Waals surface area contributed by atoms with Gasteiger partial charge < -0.3 is 15.8 Å². The zero-order chi connectivity index (χ0) is 11.5. The van der Waals surface area contributed by atoms with Crippen LogP contribution in [0.5, 0.6) is 6.01 Å². The van der Waals surface area contributed by atoms with E-state index in [0.29, 0.717) is 5.95 Å². The molecule has 6 nitrogen and oxygen atoms in total. The average Bonchev–Trinajstić information content (AvgIpc) is 2.13. The minimum atomic E-state index is 0.147. The molecule has 0 fully saturated rings. The van der Waals surface area contributed by atoms with Gasteiger partial charge in [0.2, 0.25) is 11.9 Å². The van der Waals surface area contributed by atoms with Crippen LogP contribution < -0.4 is 15.8 Å². The van der Waals surface area contributed by atoms with Gasteiger partial charge >= 0.3 is 6.01 Å². The number of nitrogens with zero attached hydrogens (tertiary/aromatic N) is 3. The summed E-state index contributed by atoms with van der Waals surface area (Å²) in [6.07, 6.45) is 0. The summed E-state index contributed by atoms with van der Waals surface area (Å²) in [6, 6.07) is 0.221. The lowest BCUT2D eigenvalue weighted by Crippen LogP contribution is -2.20. The number of methoxy groups -OCH3 is 1. The predicted molar refractivity (Wildman–Crippen MR) is 58.7 cm³/mol. The number of nitrogen functional groups attached to an aromatic ring is 1. The second-order valence-corrected chi connectivity index (χ2v) is 4.42. The Bertz CT molecular complexity index is 334. The van der Waals surface area contributed by atoms with Crippen LogP contribution in [0.4, 0.5) is 11.9 Å². The first-order chi connectivity index (χ1) is 6.90. The van der Waals surface area contributed by atoms with Crippen LogP contribution in [0.2, 0.25) is 0 Å². The first kappa shape index (κ1) is 11.5. The molecule has 6 heteroatoms. The third-order valence-corrected chi connectivity index (χ3v) is 1.59. The van der Waals surface area contributed by atoms with Crippen LogP contribution in [0, 0.1) is 5.41 Å². The van der Waals surface area contributed by atoms with E-state index >= 15 is 0 Å². The quantitative estimate of drug-likeness (QED) is 0.773. The average molecular weight is 211 g/mol. The lowest BCUT2D eigenvalue weighted by Gasteiger charge is -2.18. The number of hydrogen-bond acceptors (Lipinski definition) is 6.